The lowest BCUT2D eigenvalue weighted by Gasteiger charge is -2.32. The van der Waals surface area contributed by atoms with Crippen LogP contribution in [0.4, 0.5) is 0 Å². The zero-order chi connectivity index (χ0) is 12.4. The van der Waals surface area contributed by atoms with Crippen LogP contribution in [0.25, 0.3) is 0 Å². The lowest BCUT2D eigenvalue weighted by Crippen LogP contribution is -2.43. The maximum absolute atomic E-state index is 6.03. The Morgan fingerprint density at radius 1 is 1.44 bits per heavy atom. The molecule has 2 fully saturated rings. The van der Waals surface area contributed by atoms with Gasteiger partial charge in [-0.2, -0.15) is 0 Å². The Morgan fingerprint density at radius 3 is 3.00 bits per heavy atom. The van der Waals surface area contributed by atoms with Crippen molar-refractivity contribution in [3.05, 3.63) is 11.8 Å². The average molecular weight is 251 g/mol. The second-order valence-corrected chi connectivity index (χ2v) is 5.87. The minimum absolute atomic E-state index is 0.487. The number of rotatable bonds is 5. The molecule has 3 heterocycles. The first-order valence-corrected chi connectivity index (χ1v) is 7.58. The quantitative estimate of drug-likeness (QED) is 0.814. The van der Waals surface area contributed by atoms with Gasteiger partial charge in [-0.1, -0.05) is 6.92 Å². The molecule has 3 aliphatic rings. The van der Waals surface area contributed by atoms with Gasteiger partial charge in [0.15, 0.2) is 0 Å². The molecule has 0 spiro atoms. The molecule has 0 saturated carbocycles. The summed E-state index contributed by atoms with van der Waals surface area (Å²) in [4.78, 5) is 0. The van der Waals surface area contributed by atoms with Crippen LogP contribution in [0.5, 0.6) is 0 Å². The number of hydrogen-bond acceptors (Lipinski definition) is 3. The number of hydrogen-bond donors (Lipinski definition) is 1. The predicted octanol–water partition coefficient (Wildman–Crippen LogP) is 2.62. The maximum atomic E-state index is 6.03. The first kappa shape index (κ1) is 12.5. The summed E-state index contributed by atoms with van der Waals surface area (Å²) in [6.07, 6.45) is 10.4. The molecule has 2 bridgehead atoms. The van der Waals surface area contributed by atoms with Gasteiger partial charge in [-0.05, 0) is 50.6 Å². The van der Waals surface area contributed by atoms with Crippen molar-refractivity contribution in [3.8, 4) is 0 Å². The van der Waals surface area contributed by atoms with E-state index >= 15 is 0 Å². The third-order valence-corrected chi connectivity index (χ3v) is 4.56. The summed E-state index contributed by atoms with van der Waals surface area (Å²) < 4.78 is 11.6. The molecular formula is C15H25NO2. The largest absolute Gasteiger partial charge is 0.501 e. The minimum atomic E-state index is 0.487. The Kier molecular flexibility index (Phi) is 3.90. The molecule has 0 radical (unpaired) electrons. The highest BCUT2D eigenvalue weighted by molar-refractivity contribution is 5.15. The first-order valence-electron chi connectivity index (χ1n) is 7.58. The van der Waals surface area contributed by atoms with Gasteiger partial charge in [0.2, 0.25) is 0 Å². The van der Waals surface area contributed by atoms with Gasteiger partial charge in [0, 0.05) is 12.0 Å². The van der Waals surface area contributed by atoms with E-state index in [1.165, 1.54) is 37.7 Å². The number of ether oxygens (including phenoxy) is 2. The highest BCUT2D eigenvalue weighted by atomic mass is 16.5. The average Bonchev–Trinajstić information content (AvgIpc) is 3.03. The van der Waals surface area contributed by atoms with Crippen molar-refractivity contribution in [1.82, 2.24) is 5.32 Å². The fourth-order valence-electron chi connectivity index (χ4n) is 3.70. The van der Waals surface area contributed by atoms with Gasteiger partial charge < -0.3 is 14.8 Å². The Bertz CT molecular complexity index is 316. The van der Waals surface area contributed by atoms with Gasteiger partial charge in [0.25, 0.3) is 0 Å². The van der Waals surface area contributed by atoms with E-state index in [0.717, 1.165) is 19.6 Å². The normalized spacial score (nSPS) is 36.3. The van der Waals surface area contributed by atoms with Crippen LogP contribution in [-0.2, 0) is 9.47 Å². The molecule has 18 heavy (non-hydrogen) atoms. The number of fused-ring (bicyclic) bond motifs is 2. The summed E-state index contributed by atoms with van der Waals surface area (Å²) in [7, 11) is 0. The Labute approximate surface area is 110 Å². The molecule has 3 rings (SSSR count). The fraction of sp³-hybridized carbons (Fsp3) is 0.867. The van der Waals surface area contributed by atoms with Crippen LogP contribution < -0.4 is 5.32 Å². The summed E-state index contributed by atoms with van der Waals surface area (Å²) >= 11 is 0. The van der Waals surface area contributed by atoms with Gasteiger partial charge in [-0.3, -0.25) is 0 Å². The number of nitrogens with one attached hydrogen (secondary N) is 1. The lowest BCUT2D eigenvalue weighted by atomic mass is 9.80. The molecule has 3 aliphatic heterocycles. The van der Waals surface area contributed by atoms with Crippen molar-refractivity contribution < 1.29 is 9.47 Å². The third kappa shape index (κ3) is 2.43. The molecule has 0 aromatic carbocycles. The van der Waals surface area contributed by atoms with E-state index < -0.39 is 0 Å². The zero-order valence-electron chi connectivity index (χ0n) is 11.4. The fourth-order valence-corrected chi connectivity index (χ4v) is 3.70. The third-order valence-electron chi connectivity index (χ3n) is 4.56. The van der Waals surface area contributed by atoms with E-state index in [0.29, 0.717) is 24.2 Å². The van der Waals surface area contributed by atoms with Crippen molar-refractivity contribution in [1.29, 1.82) is 0 Å². The van der Waals surface area contributed by atoms with Crippen LogP contribution in [0.1, 0.15) is 45.4 Å². The Hall–Kier alpha value is -0.540. The van der Waals surface area contributed by atoms with E-state index in [2.05, 4.69) is 12.2 Å². The molecule has 102 valence electrons. The molecule has 0 aromatic heterocycles. The Balaban J connectivity index is 1.70. The van der Waals surface area contributed by atoms with Gasteiger partial charge >= 0.3 is 0 Å². The van der Waals surface area contributed by atoms with Gasteiger partial charge in [0.1, 0.15) is 0 Å². The molecule has 2 saturated heterocycles. The molecule has 4 atom stereocenters. The van der Waals surface area contributed by atoms with Crippen LogP contribution in [0, 0.1) is 5.92 Å². The van der Waals surface area contributed by atoms with Gasteiger partial charge in [-0.15, -0.1) is 0 Å². The highest BCUT2D eigenvalue weighted by Crippen LogP contribution is 2.42. The van der Waals surface area contributed by atoms with Crippen LogP contribution >= 0.6 is 0 Å². The molecule has 3 heteroatoms. The van der Waals surface area contributed by atoms with Crippen LogP contribution in [0.3, 0.4) is 0 Å². The minimum Gasteiger partial charge on any atom is -0.501 e. The molecule has 0 aliphatic carbocycles. The summed E-state index contributed by atoms with van der Waals surface area (Å²) in [5.74, 6) is 0.670. The van der Waals surface area contributed by atoms with Crippen molar-refractivity contribution >= 4 is 0 Å². The van der Waals surface area contributed by atoms with Crippen molar-refractivity contribution in [2.45, 2.75) is 63.7 Å². The van der Waals surface area contributed by atoms with E-state index in [4.69, 9.17) is 9.47 Å². The van der Waals surface area contributed by atoms with Crippen molar-refractivity contribution in [3.63, 3.8) is 0 Å². The highest BCUT2D eigenvalue weighted by Gasteiger charge is 2.45. The van der Waals surface area contributed by atoms with Crippen LogP contribution in [-0.4, -0.2) is 31.4 Å². The standard InChI is InChI=1S/C15H25NO2/c1-2-7-16-15(11-4-3-8-17-10-11)13-9-12-5-6-14(13)18-12/h10,12-16H,2-9H2,1H3. The van der Waals surface area contributed by atoms with Crippen molar-refractivity contribution in [2.24, 2.45) is 5.92 Å². The summed E-state index contributed by atoms with van der Waals surface area (Å²) in [5.41, 5.74) is 1.47. The van der Waals surface area contributed by atoms with E-state index in [-0.39, 0.29) is 0 Å². The molecule has 0 aromatic rings. The van der Waals surface area contributed by atoms with Crippen LogP contribution in [0.2, 0.25) is 0 Å². The molecule has 0 amide bonds. The smallest absolute Gasteiger partial charge is 0.0876 e. The van der Waals surface area contributed by atoms with Gasteiger partial charge in [0.05, 0.1) is 25.1 Å². The zero-order valence-corrected chi connectivity index (χ0v) is 11.4. The maximum Gasteiger partial charge on any atom is 0.0876 e. The molecular weight excluding hydrogens is 226 g/mol. The molecule has 3 nitrogen and oxygen atoms in total. The lowest BCUT2D eigenvalue weighted by molar-refractivity contribution is 0.0870. The molecule has 1 N–H and O–H groups in total. The predicted molar refractivity (Wildman–Crippen MR) is 71.4 cm³/mol. The SMILES string of the molecule is CCCNC(C1=COCCC1)C1CC2CCC1O2. The topological polar surface area (TPSA) is 30.5 Å². The Morgan fingerprint density at radius 2 is 2.39 bits per heavy atom. The second kappa shape index (κ2) is 5.62. The summed E-state index contributed by atoms with van der Waals surface area (Å²) in [6.45, 7) is 4.21. The monoisotopic (exact) mass is 251 g/mol. The summed E-state index contributed by atoms with van der Waals surface area (Å²) in [6, 6.07) is 0.487. The first-order chi connectivity index (χ1) is 8.88. The van der Waals surface area contributed by atoms with E-state index in [1.54, 1.807) is 0 Å². The van der Waals surface area contributed by atoms with Crippen LogP contribution in [0.15, 0.2) is 11.8 Å². The van der Waals surface area contributed by atoms with E-state index in [9.17, 15) is 0 Å². The second-order valence-electron chi connectivity index (χ2n) is 5.87. The summed E-state index contributed by atoms with van der Waals surface area (Å²) in [5, 5.41) is 3.74. The van der Waals surface area contributed by atoms with Crippen molar-refractivity contribution in [2.75, 3.05) is 13.2 Å². The van der Waals surface area contributed by atoms with Gasteiger partial charge in [-0.25, -0.2) is 0 Å². The van der Waals surface area contributed by atoms with E-state index in [1.807, 2.05) is 6.26 Å². The molecule has 4 unspecified atom stereocenters.